The predicted octanol–water partition coefficient (Wildman–Crippen LogP) is 2.38. The van der Waals surface area contributed by atoms with Crippen LogP contribution in [0.15, 0.2) is 71.0 Å². The van der Waals surface area contributed by atoms with Crippen molar-refractivity contribution in [1.82, 2.24) is 14.8 Å². The molecule has 0 unspecified atom stereocenters. The van der Waals surface area contributed by atoms with Crippen LogP contribution in [-0.4, -0.2) is 41.5 Å². The number of amides is 1. The Bertz CT molecular complexity index is 922. The number of carbonyl (C=O) groups excluding carboxylic acids is 2. The summed E-state index contributed by atoms with van der Waals surface area (Å²) in [6, 6.07) is 2.81. The van der Waals surface area contributed by atoms with E-state index in [9.17, 15) is 14.4 Å². The molecule has 7 nitrogen and oxygen atoms in total. The Labute approximate surface area is 170 Å². The van der Waals surface area contributed by atoms with E-state index in [1.165, 1.54) is 30.0 Å². The average molecular weight is 397 g/mol. The summed E-state index contributed by atoms with van der Waals surface area (Å²) in [5.74, 6) is -0.473. The fraction of sp³-hybridized carbons (Fsp3) is 0.318. The molecule has 2 heterocycles. The van der Waals surface area contributed by atoms with Gasteiger partial charge < -0.3 is 19.5 Å². The maximum absolute atomic E-state index is 12.2. The number of carbonyl (C=O) groups is 2. The normalized spacial score (nSPS) is 15.0. The van der Waals surface area contributed by atoms with E-state index in [0.717, 1.165) is 17.6 Å². The van der Waals surface area contributed by atoms with Gasteiger partial charge in [-0.25, -0.2) is 4.79 Å². The van der Waals surface area contributed by atoms with Crippen molar-refractivity contribution in [2.45, 2.75) is 26.8 Å². The van der Waals surface area contributed by atoms with Crippen LogP contribution in [0.1, 0.15) is 30.6 Å². The number of nitrogens with one attached hydrogen (secondary N) is 1. The van der Waals surface area contributed by atoms with Gasteiger partial charge in [-0.2, -0.15) is 0 Å². The highest BCUT2D eigenvalue weighted by Crippen LogP contribution is 2.08. The van der Waals surface area contributed by atoms with E-state index in [4.69, 9.17) is 4.74 Å². The number of esters is 1. The molecule has 1 aromatic rings. The van der Waals surface area contributed by atoms with Crippen molar-refractivity contribution < 1.29 is 14.3 Å². The minimum Gasteiger partial charge on any atom is -0.465 e. The number of aromatic nitrogens is 1. The zero-order chi connectivity index (χ0) is 21.2. The molecule has 0 radical (unpaired) electrons. The van der Waals surface area contributed by atoms with Crippen LogP contribution in [0, 0.1) is 0 Å². The van der Waals surface area contributed by atoms with E-state index < -0.39 is 5.97 Å². The smallest absolute Gasteiger partial charge is 0.339 e. The van der Waals surface area contributed by atoms with Crippen LogP contribution >= 0.6 is 0 Å². The fourth-order valence-electron chi connectivity index (χ4n) is 2.71. The first-order valence-electron chi connectivity index (χ1n) is 9.45. The van der Waals surface area contributed by atoms with Gasteiger partial charge in [-0.3, -0.25) is 9.59 Å². The highest BCUT2D eigenvalue weighted by Gasteiger charge is 2.13. The average Bonchev–Trinajstić information content (AvgIpc) is 2.72. The van der Waals surface area contributed by atoms with Gasteiger partial charge >= 0.3 is 5.97 Å². The number of methoxy groups -OCH3 is 1. The molecule has 1 aromatic heterocycles. The molecule has 0 aliphatic carbocycles. The third-order valence-corrected chi connectivity index (χ3v) is 4.27. The maximum atomic E-state index is 12.2. The van der Waals surface area contributed by atoms with E-state index in [0.29, 0.717) is 25.2 Å². The summed E-state index contributed by atoms with van der Waals surface area (Å²) >= 11 is 0. The molecule has 154 valence electrons. The first-order chi connectivity index (χ1) is 13.9. The van der Waals surface area contributed by atoms with E-state index in [-0.39, 0.29) is 11.5 Å². The van der Waals surface area contributed by atoms with Crippen molar-refractivity contribution in [2.24, 2.45) is 0 Å². The van der Waals surface area contributed by atoms with Crippen molar-refractivity contribution in [1.29, 1.82) is 0 Å². The fourth-order valence-corrected chi connectivity index (χ4v) is 2.71. The lowest BCUT2D eigenvalue weighted by atomic mass is 10.1. The van der Waals surface area contributed by atoms with Crippen LogP contribution < -0.4 is 10.9 Å². The van der Waals surface area contributed by atoms with Gasteiger partial charge in [-0.15, -0.1) is 0 Å². The standard InChI is InChI=1S/C22H27N3O4/c1-4-5-6-18(8-7-17(2)14-24-12-11-23-13-21(24)27)15-25-16-19(22(28)29-3)9-10-20(25)26/h5-12,16,23H,4,13-15H2,1-3H3/b6-5+,17-7+,18-8+. The molecule has 1 amide bonds. The third kappa shape index (κ3) is 6.64. The molecule has 29 heavy (non-hydrogen) atoms. The number of allylic oxidation sites excluding steroid dienone is 5. The second-order valence-electron chi connectivity index (χ2n) is 6.66. The van der Waals surface area contributed by atoms with Crippen molar-refractivity contribution in [3.8, 4) is 0 Å². The number of rotatable bonds is 8. The van der Waals surface area contributed by atoms with Crippen LogP contribution in [-0.2, 0) is 16.1 Å². The second-order valence-corrected chi connectivity index (χ2v) is 6.66. The van der Waals surface area contributed by atoms with Crippen molar-refractivity contribution in [2.75, 3.05) is 20.2 Å². The molecular formula is C22H27N3O4. The lowest BCUT2D eigenvalue weighted by Gasteiger charge is -2.22. The summed E-state index contributed by atoms with van der Waals surface area (Å²) in [6.45, 7) is 5.09. The Morgan fingerprint density at radius 3 is 2.72 bits per heavy atom. The zero-order valence-corrected chi connectivity index (χ0v) is 17.1. The van der Waals surface area contributed by atoms with E-state index in [1.54, 1.807) is 17.3 Å². The van der Waals surface area contributed by atoms with Crippen molar-refractivity contribution in [3.05, 3.63) is 82.1 Å². The lowest BCUT2D eigenvalue weighted by Crippen LogP contribution is -2.38. The molecule has 0 saturated carbocycles. The number of hydrogen-bond acceptors (Lipinski definition) is 5. The number of ether oxygens (including phenoxy) is 1. The molecule has 0 atom stereocenters. The number of nitrogens with zero attached hydrogens (tertiary/aromatic N) is 2. The molecule has 1 aliphatic heterocycles. The molecule has 7 heteroatoms. The van der Waals surface area contributed by atoms with Gasteiger partial charge in [0, 0.05) is 31.2 Å². The molecule has 0 saturated heterocycles. The summed E-state index contributed by atoms with van der Waals surface area (Å²) in [5.41, 5.74) is 2.02. The maximum Gasteiger partial charge on any atom is 0.339 e. The topological polar surface area (TPSA) is 80.6 Å². The van der Waals surface area contributed by atoms with Crippen LogP contribution in [0.3, 0.4) is 0 Å². The lowest BCUT2D eigenvalue weighted by molar-refractivity contribution is -0.127. The minimum absolute atomic E-state index is 0.0153. The molecular weight excluding hydrogens is 370 g/mol. The molecule has 2 rings (SSSR count). The predicted molar refractivity (Wildman–Crippen MR) is 112 cm³/mol. The van der Waals surface area contributed by atoms with Gasteiger partial charge in [0.2, 0.25) is 5.91 Å². The Hall–Kier alpha value is -3.35. The highest BCUT2D eigenvalue weighted by molar-refractivity contribution is 5.88. The van der Waals surface area contributed by atoms with Crippen molar-refractivity contribution >= 4 is 11.9 Å². The monoisotopic (exact) mass is 397 g/mol. The third-order valence-electron chi connectivity index (χ3n) is 4.27. The summed E-state index contributed by atoms with van der Waals surface area (Å²) in [6.07, 6.45) is 13.7. The Morgan fingerprint density at radius 1 is 1.24 bits per heavy atom. The van der Waals surface area contributed by atoms with Crippen molar-refractivity contribution in [3.63, 3.8) is 0 Å². The summed E-state index contributed by atoms with van der Waals surface area (Å²) in [5, 5.41) is 2.88. The molecule has 1 N–H and O–H groups in total. The quantitative estimate of drug-likeness (QED) is 0.538. The Morgan fingerprint density at radius 2 is 2.03 bits per heavy atom. The van der Waals surface area contributed by atoms with E-state index >= 15 is 0 Å². The molecule has 0 aromatic carbocycles. The molecule has 0 bridgehead atoms. The Kier molecular flexibility index (Phi) is 8.21. The van der Waals surface area contributed by atoms with Crippen LogP contribution in [0.5, 0.6) is 0 Å². The van der Waals surface area contributed by atoms with Gasteiger partial charge in [-0.1, -0.05) is 36.8 Å². The SMILES string of the molecule is CC/C=C/C(=C\C=C(/C)CN1C=CNCC1=O)Cn1cc(C(=O)OC)ccc1=O. The van der Waals surface area contributed by atoms with Gasteiger partial charge in [0.25, 0.3) is 5.56 Å². The minimum atomic E-state index is -0.488. The van der Waals surface area contributed by atoms with Gasteiger partial charge in [0.05, 0.1) is 25.8 Å². The molecule has 0 spiro atoms. The Balaban J connectivity index is 2.22. The largest absolute Gasteiger partial charge is 0.465 e. The molecule has 0 fully saturated rings. The van der Waals surface area contributed by atoms with Gasteiger partial charge in [0.1, 0.15) is 0 Å². The first kappa shape index (κ1) is 21.9. The number of pyridine rings is 1. The zero-order valence-electron chi connectivity index (χ0n) is 17.1. The van der Waals surface area contributed by atoms with E-state index in [1.807, 2.05) is 38.2 Å². The van der Waals surface area contributed by atoms with Gasteiger partial charge in [-0.05, 0) is 25.0 Å². The first-order valence-corrected chi connectivity index (χ1v) is 9.45. The van der Waals surface area contributed by atoms with Gasteiger partial charge in [0.15, 0.2) is 0 Å². The van der Waals surface area contributed by atoms with Crippen LogP contribution in [0.25, 0.3) is 0 Å². The molecule has 1 aliphatic rings. The summed E-state index contributed by atoms with van der Waals surface area (Å²) in [7, 11) is 1.30. The second kappa shape index (κ2) is 10.8. The van der Waals surface area contributed by atoms with Crippen LogP contribution in [0.4, 0.5) is 0 Å². The van der Waals surface area contributed by atoms with E-state index in [2.05, 4.69) is 5.32 Å². The number of hydrogen-bond donors (Lipinski definition) is 1. The summed E-state index contributed by atoms with van der Waals surface area (Å²) < 4.78 is 6.20. The van der Waals surface area contributed by atoms with Crippen LogP contribution in [0.2, 0.25) is 0 Å². The summed E-state index contributed by atoms with van der Waals surface area (Å²) in [4.78, 5) is 37.5. The highest BCUT2D eigenvalue weighted by atomic mass is 16.5.